The van der Waals surface area contributed by atoms with E-state index in [0.29, 0.717) is 27.9 Å². The van der Waals surface area contributed by atoms with Gasteiger partial charge in [0.05, 0.1) is 19.8 Å². The van der Waals surface area contributed by atoms with Gasteiger partial charge in [-0.05, 0) is 50.1 Å². The van der Waals surface area contributed by atoms with Gasteiger partial charge >= 0.3 is 5.97 Å². The van der Waals surface area contributed by atoms with Gasteiger partial charge in [-0.3, -0.25) is 9.69 Å². The number of esters is 1. The molecule has 3 rings (SSSR count). The van der Waals surface area contributed by atoms with E-state index in [1.807, 2.05) is 0 Å². The molecule has 1 aliphatic heterocycles. The first-order chi connectivity index (χ1) is 12.9. The Hall–Kier alpha value is -2.38. The van der Waals surface area contributed by atoms with Gasteiger partial charge in [0.15, 0.2) is 0 Å². The summed E-state index contributed by atoms with van der Waals surface area (Å²) in [7, 11) is 2.94. The van der Waals surface area contributed by atoms with Gasteiger partial charge < -0.3 is 14.8 Å². The van der Waals surface area contributed by atoms with Crippen LogP contribution in [0.3, 0.4) is 0 Å². The smallest absolute Gasteiger partial charge is 0.341 e. The second-order valence-electron chi connectivity index (χ2n) is 6.70. The van der Waals surface area contributed by atoms with Crippen LogP contribution in [0.5, 0.6) is 5.75 Å². The third-order valence-electron chi connectivity index (χ3n) is 4.79. The number of thiophene rings is 1. The standard InChI is InChI=1S/C20H24N2O4S.CH4/c1-12(2)22-10-9-15-16(11-22)27-19(17(15)20(24)26-4)21-18(23)13-5-7-14(25-3)8-6-13;/h5-8,12H,9-11H2,1-4H3,(H,21,23);1H4. The monoisotopic (exact) mass is 404 g/mol. The van der Waals surface area contributed by atoms with Crippen molar-refractivity contribution in [3.05, 3.63) is 45.8 Å². The zero-order valence-corrected chi connectivity index (χ0v) is 16.8. The summed E-state index contributed by atoms with van der Waals surface area (Å²) in [6.07, 6.45) is 0.771. The van der Waals surface area contributed by atoms with Crippen molar-refractivity contribution in [1.82, 2.24) is 4.90 Å². The van der Waals surface area contributed by atoms with E-state index < -0.39 is 5.97 Å². The lowest BCUT2D eigenvalue weighted by Gasteiger charge is -2.30. The van der Waals surface area contributed by atoms with Crippen LogP contribution in [-0.2, 0) is 17.7 Å². The lowest BCUT2D eigenvalue weighted by Crippen LogP contribution is -2.35. The van der Waals surface area contributed by atoms with E-state index >= 15 is 0 Å². The predicted octanol–water partition coefficient (Wildman–Crippen LogP) is 4.20. The van der Waals surface area contributed by atoms with Gasteiger partial charge in [-0.2, -0.15) is 0 Å². The van der Waals surface area contributed by atoms with Gasteiger partial charge in [0.25, 0.3) is 5.91 Å². The maximum Gasteiger partial charge on any atom is 0.341 e. The van der Waals surface area contributed by atoms with Crippen LogP contribution >= 0.6 is 11.3 Å². The number of fused-ring (bicyclic) bond motifs is 1. The number of anilines is 1. The molecule has 2 heterocycles. The molecule has 2 aromatic rings. The van der Waals surface area contributed by atoms with Crippen molar-refractivity contribution in [3.8, 4) is 5.75 Å². The van der Waals surface area contributed by atoms with E-state index in [9.17, 15) is 9.59 Å². The second-order valence-corrected chi connectivity index (χ2v) is 7.80. The molecule has 1 N–H and O–H groups in total. The Kier molecular flexibility index (Phi) is 7.21. The molecule has 7 heteroatoms. The van der Waals surface area contributed by atoms with Crippen LogP contribution in [0.4, 0.5) is 5.00 Å². The Balaban J connectivity index is 0.00000280. The lowest BCUT2D eigenvalue weighted by molar-refractivity contribution is 0.0600. The highest BCUT2D eigenvalue weighted by atomic mass is 32.1. The minimum atomic E-state index is -0.407. The number of nitrogens with zero attached hydrogens (tertiary/aromatic N) is 1. The number of hydrogen-bond acceptors (Lipinski definition) is 6. The van der Waals surface area contributed by atoms with Crippen molar-refractivity contribution in [2.45, 2.75) is 40.3 Å². The Morgan fingerprint density at radius 1 is 1.18 bits per heavy atom. The Morgan fingerprint density at radius 3 is 2.43 bits per heavy atom. The topological polar surface area (TPSA) is 67.9 Å². The fourth-order valence-corrected chi connectivity index (χ4v) is 4.44. The lowest BCUT2D eigenvalue weighted by atomic mass is 10.0. The number of benzene rings is 1. The molecule has 152 valence electrons. The summed E-state index contributed by atoms with van der Waals surface area (Å²) in [6, 6.07) is 7.28. The number of rotatable bonds is 5. The second kappa shape index (κ2) is 9.21. The maximum absolute atomic E-state index is 12.7. The molecule has 0 bridgehead atoms. The normalized spacial score (nSPS) is 13.5. The first-order valence-electron chi connectivity index (χ1n) is 8.87. The van der Waals surface area contributed by atoms with E-state index in [1.54, 1.807) is 31.4 Å². The van der Waals surface area contributed by atoms with Gasteiger partial charge in [-0.15, -0.1) is 11.3 Å². The Morgan fingerprint density at radius 2 is 1.86 bits per heavy atom. The summed E-state index contributed by atoms with van der Waals surface area (Å²) in [6.45, 7) is 5.98. The summed E-state index contributed by atoms with van der Waals surface area (Å²) in [4.78, 5) is 28.5. The quantitative estimate of drug-likeness (QED) is 0.757. The Labute approximate surface area is 170 Å². The van der Waals surface area contributed by atoms with Gasteiger partial charge in [-0.25, -0.2) is 4.79 Å². The number of nitrogens with one attached hydrogen (secondary N) is 1. The van der Waals surface area contributed by atoms with Gasteiger partial charge in [0, 0.05) is 29.6 Å². The van der Waals surface area contributed by atoms with E-state index in [4.69, 9.17) is 9.47 Å². The van der Waals surface area contributed by atoms with Crippen LogP contribution in [0.1, 0.15) is 52.4 Å². The fourth-order valence-electron chi connectivity index (χ4n) is 3.19. The van der Waals surface area contributed by atoms with Crippen LogP contribution in [-0.4, -0.2) is 43.6 Å². The number of amides is 1. The molecule has 1 aromatic carbocycles. The van der Waals surface area contributed by atoms with Crippen molar-refractivity contribution in [3.63, 3.8) is 0 Å². The van der Waals surface area contributed by atoms with Crippen LogP contribution in [0, 0.1) is 0 Å². The SMILES string of the molecule is C.COC(=O)c1c(NC(=O)c2ccc(OC)cc2)sc2c1CCN(C(C)C)C2. The summed E-state index contributed by atoms with van der Waals surface area (Å²) < 4.78 is 10.1. The van der Waals surface area contributed by atoms with Crippen molar-refractivity contribution in [1.29, 1.82) is 0 Å². The molecule has 0 saturated heterocycles. The van der Waals surface area contributed by atoms with Gasteiger partial charge in [0.1, 0.15) is 10.8 Å². The van der Waals surface area contributed by atoms with E-state index in [0.717, 1.165) is 30.0 Å². The minimum absolute atomic E-state index is 0. The molecule has 1 aliphatic rings. The molecule has 0 radical (unpaired) electrons. The van der Waals surface area contributed by atoms with Crippen LogP contribution in [0.25, 0.3) is 0 Å². The highest BCUT2D eigenvalue weighted by Crippen LogP contribution is 2.38. The maximum atomic E-state index is 12.7. The molecule has 6 nitrogen and oxygen atoms in total. The van der Waals surface area contributed by atoms with Crippen molar-refractivity contribution >= 4 is 28.2 Å². The van der Waals surface area contributed by atoms with Crippen molar-refractivity contribution in [2.24, 2.45) is 0 Å². The average molecular weight is 405 g/mol. The number of carbonyl (C=O) groups is 2. The molecular weight excluding hydrogens is 376 g/mol. The van der Waals surface area contributed by atoms with Gasteiger partial charge in [-0.1, -0.05) is 7.43 Å². The molecule has 0 atom stereocenters. The summed E-state index contributed by atoms with van der Waals surface area (Å²) in [5, 5.41) is 3.45. The van der Waals surface area contributed by atoms with E-state index in [1.165, 1.54) is 18.4 Å². The zero-order chi connectivity index (χ0) is 19.6. The summed E-state index contributed by atoms with van der Waals surface area (Å²) >= 11 is 1.46. The first-order valence-corrected chi connectivity index (χ1v) is 9.68. The van der Waals surface area contributed by atoms with Crippen molar-refractivity contribution in [2.75, 3.05) is 26.1 Å². The molecule has 1 aromatic heterocycles. The number of carbonyl (C=O) groups excluding carboxylic acids is 2. The fraction of sp³-hybridized carbons (Fsp3) is 0.429. The number of hydrogen-bond donors (Lipinski definition) is 1. The highest BCUT2D eigenvalue weighted by molar-refractivity contribution is 7.17. The van der Waals surface area contributed by atoms with E-state index in [-0.39, 0.29) is 13.3 Å². The van der Waals surface area contributed by atoms with Gasteiger partial charge in [0.2, 0.25) is 0 Å². The average Bonchev–Trinajstić information content (AvgIpc) is 3.04. The Bertz CT molecular complexity index is 843. The van der Waals surface area contributed by atoms with Crippen LogP contribution < -0.4 is 10.1 Å². The minimum Gasteiger partial charge on any atom is -0.497 e. The molecule has 0 fully saturated rings. The summed E-state index contributed by atoms with van der Waals surface area (Å²) in [5.41, 5.74) is 1.98. The molecule has 0 aliphatic carbocycles. The number of methoxy groups -OCH3 is 2. The highest BCUT2D eigenvalue weighted by Gasteiger charge is 2.30. The third-order valence-corrected chi connectivity index (χ3v) is 5.92. The first kappa shape index (κ1) is 21.9. The number of ether oxygens (including phenoxy) is 2. The summed E-state index contributed by atoms with van der Waals surface area (Å²) in [5.74, 6) is 0.0137. The molecular formula is C21H28N2O4S. The molecule has 0 unspecified atom stereocenters. The predicted molar refractivity (Wildman–Crippen MR) is 113 cm³/mol. The third kappa shape index (κ3) is 4.36. The molecule has 0 spiro atoms. The van der Waals surface area contributed by atoms with Crippen LogP contribution in [0.2, 0.25) is 0 Å². The largest absolute Gasteiger partial charge is 0.497 e. The molecule has 1 amide bonds. The zero-order valence-electron chi connectivity index (χ0n) is 16.0. The van der Waals surface area contributed by atoms with Crippen molar-refractivity contribution < 1.29 is 19.1 Å². The molecule has 28 heavy (non-hydrogen) atoms. The van der Waals surface area contributed by atoms with Crippen LogP contribution in [0.15, 0.2) is 24.3 Å². The molecule has 0 saturated carbocycles. The van der Waals surface area contributed by atoms with E-state index in [2.05, 4.69) is 24.1 Å².